The third kappa shape index (κ3) is 25.9. The standard InChI is InChI=1S/C72H123N13O14/c1-24-52-68(94)79(17)40-57(86)80(18)53(36-41(2)3)65(91)78-58(45(10)11)71(97)81(19)54(37-42(4)5)64(90)75-48(15)62(88)76-49(16)67(93)82(20)55(38-43(6)7)69(95)83(21)56(39-44(8)9)70(96)84(22)59(46(12)13)72(98)85(23)60(66(92)77-52)61(87)47(14)26-25-27-50-28-30-51(31-29-50)63(89)74-33-35-99-34-32-73/h25,27-31,41-49,52-56,58-61,87H,24,26,32-40,73H2,1-23H3,(H,74,89)(H,75,90)(H,76,88)(H,77,92)(H,78,91)/b27-25+/t47-,48?,49-,52+,53+,54+,55+,56?,58?,59+,60+,61-/m1/s1. The van der Waals surface area contributed by atoms with Gasteiger partial charge in [0.25, 0.3) is 5.91 Å². The van der Waals surface area contributed by atoms with E-state index in [0.29, 0.717) is 37.4 Å². The smallest absolute Gasteiger partial charge is 0.251 e. The number of amides is 12. The molecule has 27 heteroatoms. The highest BCUT2D eigenvalue weighted by molar-refractivity contribution is 6.00. The molecule has 1 heterocycles. The van der Waals surface area contributed by atoms with Gasteiger partial charge in [0, 0.05) is 68.0 Å². The van der Waals surface area contributed by atoms with E-state index in [-0.39, 0.29) is 68.1 Å². The Bertz CT molecular complexity index is 2900. The number of carbonyl (C=O) groups excluding carboxylic acids is 12. The van der Waals surface area contributed by atoms with Crippen LogP contribution in [0, 0.1) is 41.4 Å². The highest BCUT2D eigenvalue weighted by Gasteiger charge is 2.46. The van der Waals surface area contributed by atoms with Crippen molar-refractivity contribution >= 4 is 77.0 Å². The number of hydrogen-bond acceptors (Lipinski definition) is 15. The first-order chi connectivity index (χ1) is 46.1. The van der Waals surface area contributed by atoms with Gasteiger partial charge in [-0.2, -0.15) is 0 Å². The van der Waals surface area contributed by atoms with Crippen molar-refractivity contribution in [1.29, 1.82) is 0 Å². The van der Waals surface area contributed by atoms with Crippen LogP contribution in [0.2, 0.25) is 0 Å². The van der Waals surface area contributed by atoms with Crippen molar-refractivity contribution in [2.45, 2.75) is 216 Å². The van der Waals surface area contributed by atoms with Gasteiger partial charge in [-0.15, -0.1) is 0 Å². The first-order valence-corrected chi connectivity index (χ1v) is 35.1. The second-order valence-corrected chi connectivity index (χ2v) is 29.2. The predicted molar refractivity (Wildman–Crippen MR) is 381 cm³/mol. The number of aliphatic hydroxyl groups excluding tert-OH is 1. The summed E-state index contributed by atoms with van der Waals surface area (Å²) < 4.78 is 5.34. The van der Waals surface area contributed by atoms with Crippen LogP contribution in [0.3, 0.4) is 0 Å². The zero-order chi connectivity index (χ0) is 75.8. The number of carbonyl (C=O) groups is 12. The molecular formula is C72H123N13O14. The Hall–Kier alpha value is -7.52. The summed E-state index contributed by atoms with van der Waals surface area (Å²) in [6, 6.07) is -5.98. The van der Waals surface area contributed by atoms with Crippen molar-refractivity contribution in [3.05, 3.63) is 41.5 Å². The lowest BCUT2D eigenvalue weighted by Gasteiger charge is -2.41. The van der Waals surface area contributed by atoms with E-state index in [1.54, 1.807) is 78.0 Å². The highest BCUT2D eigenvalue weighted by Crippen LogP contribution is 2.26. The molecule has 0 saturated carbocycles. The molecule has 12 atom stereocenters. The predicted octanol–water partition coefficient (Wildman–Crippen LogP) is 3.11. The molecule has 27 nitrogen and oxygen atoms in total. The second kappa shape index (κ2) is 41.3. The number of ether oxygens (including phenoxy) is 1. The zero-order valence-corrected chi connectivity index (χ0v) is 63.6. The maximum absolute atomic E-state index is 15.5. The molecule has 0 radical (unpaired) electrons. The van der Waals surface area contributed by atoms with Crippen LogP contribution in [0.25, 0.3) is 6.08 Å². The third-order valence-corrected chi connectivity index (χ3v) is 18.1. The Morgan fingerprint density at radius 3 is 1.51 bits per heavy atom. The lowest BCUT2D eigenvalue weighted by molar-refractivity contribution is -0.157. The highest BCUT2D eigenvalue weighted by atomic mass is 16.5. The summed E-state index contributed by atoms with van der Waals surface area (Å²) in [5.41, 5.74) is 6.61. The van der Waals surface area contributed by atoms with E-state index in [4.69, 9.17) is 10.5 Å². The molecule has 1 saturated heterocycles. The van der Waals surface area contributed by atoms with Gasteiger partial charge in [0.15, 0.2) is 0 Å². The molecule has 2 rings (SSSR count). The molecule has 3 unspecified atom stereocenters. The molecule has 8 N–H and O–H groups in total. The average molecular weight is 1390 g/mol. The minimum atomic E-state index is -1.71. The Morgan fingerprint density at radius 2 is 1.01 bits per heavy atom. The van der Waals surface area contributed by atoms with Crippen molar-refractivity contribution in [3.8, 4) is 0 Å². The van der Waals surface area contributed by atoms with E-state index < -0.39 is 156 Å². The number of allylic oxidation sites excluding steroid dienone is 1. The summed E-state index contributed by atoms with van der Waals surface area (Å²) in [4.78, 5) is 183. The molecule has 1 aliphatic rings. The Morgan fingerprint density at radius 1 is 0.545 bits per heavy atom. The third-order valence-electron chi connectivity index (χ3n) is 18.1. The van der Waals surface area contributed by atoms with Crippen LogP contribution in [0.4, 0.5) is 0 Å². The van der Waals surface area contributed by atoms with Crippen molar-refractivity contribution in [2.75, 3.05) is 82.2 Å². The number of rotatable bonds is 22. The first kappa shape index (κ1) is 87.6. The van der Waals surface area contributed by atoms with Crippen molar-refractivity contribution < 1.29 is 67.4 Å². The van der Waals surface area contributed by atoms with Crippen LogP contribution in [0.5, 0.6) is 0 Å². The lowest BCUT2D eigenvalue weighted by Crippen LogP contribution is -2.63. The second-order valence-electron chi connectivity index (χ2n) is 29.2. The summed E-state index contributed by atoms with van der Waals surface area (Å²) in [6.45, 7) is 28.6. The monoisotopic (exact) mass is 1390 g/mol. The van der Waals surface area contributed by atoms with Crippen molar-refractivity contribution in [2.24, 2.45) is 47.2 Å². The molecule has 0 spiro atoms. The minimum absolute atomic E-state index is 0.0249. The van der Waals surface area contributed by atoms with Crippen LogP contribution in [-0.2, 0) is 57.5 Å². The van der Waals surface area contributed by atoms with Gasteiger partial charge in [-0.1, -0.05) is 121 Å². The van der Waals surface area contributed by atoms with Gasteiger partial charge < -0.3 is 76.5 Å². The van der Waals surface area contributed by atoms with Gasteiger partial charge in [0.05, 0.1) is 25.9 Å². The zero-order valence-electron chi connectivity index (χ0n) is 63.6. The van der Waals surface area contributed by atoms with Crippen LogP contribution in [-0.4, -0.2) is 259 Å². The van der Waals surface area contributed by atoms with E-state index in [1.165, 1.54) is 87.7 Å². The molecule has 1 fully saturated rings. The lowest BCUT2D eigenvalue weighted by atomic mass is 9.91. The fourth-order valence-electron chi connectivity index (χ4n) is 12.0. The Balaban J connectivity index is 2.96. The number of hydrogen-bond donors (Lipinski definition) is 7. The van der Waals surface area contributed by atoms with E-state index in [0.717, 1.165) is 9.80 Å². The van der Waals surface area contributed by atoms with E-state index in [2.05, 4.69) is 26.6 Å². The molecule has 1 aromatic carbocycles. The van der Waals surface area contributed by atoms with Gasteiger partial charge >= 0.3 is 0 Å². The normalized spacial score (nSPS) is 24.7. The summed E-state index contributed by atoms with van der Waals surface area (Å²) >= 11 is 0. The molecule has 1 aromatic rings. The molecule has 12 amide bonds. The summed E-state index contributed by atoms with van der Waals surface area (Å²) in [6.07, 6.45) is 2.56. The van der Waals surface area contributed by atoms with Crippen LogP contribution in [0.15, 0.2) is 30.3 Å². The topological polar surface area (TPSA) is 343 Å². The average Bonchev–Trinajstić information content (AvgIpc) is 0.805. The number of aliphatic hydroxyl groups is 1. The Kier molecular flexibility index (Phi) is 36.5. The maximum Gasteiger partial charge on any atom is 0.251 e. The molecule has 0 aliphatic carbocycles. The van der Waals surface area contributed by atoms with E-state index in [1.807, 2.05) is 55.4 Å². The molecule has 0 bridgehead atoms. The largest absolute Gasteiger partial charge is 0.390 e. The first-order valence-electron chi connectivity index (χ1n) is 35.1. The molecule has 560 valence electrons. The van der Waals surface area contributed by atoms with Gasteiger partial charge in [-0.25, -0.2) is 0 Å². The van der Waals surface area contributed by atoms with Gasteiger partial charge in [0.2, 0.25) is 65.0 Å². The van der Waals surface area contributed by atoms with Gasteiger partial charge in [0.1, 0.15) is 60.4 Å². The van der Waals surface area contributed by atoms with Gasteiger partial charge in [-0.05, 0) is 111 Å². The quantitative estimate of drug-likeness (QED) is 0.0821. The fraction of sp³-hybridized carbons (Fsp3) is 0.722. The Labute approximate surface area is 589 Å². The number of nitrogens with two attached hydrogens (primary N) is 1. The SMILES string of the molecule is CC[C@@H]1NC(=O)[C@H]([C@H](O)[C@H](C)C/C=C/c2ccc(C(=O)NCCOCCN)cc2)N(C)C(=O)[C@H](C(C)C)N(C)C(=O)C(CC(C)C)N(C)C(=O)[C@H](CC(C)C)N(C)C(=O)[C@@H](C)NC(=O)C(C)NC(=O)[C@H](CC(C)C)N(C)C(=O)C(C(C)C)NC(=O)[C@H](CC(C)C)N(C)C(=O)CN(C)C1=O. The van der Waals surface area contributed by atoms with Crippen LogP contribution in [0.1, 0.15) is 165 Å². The van der Waals surface area contributed by atoms with Gasteiger partial charge in [-0.3, -0.25) is 57.5 Å². The van der Waals surface area contributed by atoms with Crippen molar-refractivity contribution in [1.82, 2.24) is 60.9 Å². The van der Waals surface area contributed by atoms with E-state index in [9.17, 15) is 43.5 Å². The summed E-state index contributed by atoms with van der Waals surface area (Å²) in [5.74, 6) is -10.7. The van der Waals surface area contributed by atoms with Crippen LogP contribution < -0.4 is 32.3 Å². The number of benzene rings is 1. The molecule has 1 aliphatic heterocycles. The molecular weight excluding hydrogens is 1270 g/mol. The maximum atomic E-state index is 15.5. The molecule has 99 heavy (non-hydrogen) atoms. The minimum Gasteiger partial charge on any atom is -0.390 e. The summed E-state index contributed by atoms with van der Waals surface area (Å²) in [7, 11) is 9.82. The number of nitrogens with one attached hydrogen (secondary N) is 5. The van der Waals surface area contributed by atoms with Crippen LogP contribution >= 0.6 is 0 Å². The summed E-state index contributed by atoms with van der Waals surface area (Å²) in [5, 5.41) is 26.3. The fourth-order valence-corrected chi connectivity index (χ4v) is 12.0. The van der Waals surface area contributed by atoms with E-state index >= 15 is 19.2 Å². The number of nitrogens with zero attached hydrogens (tertiary/aromatic N) is 7. The number of likely N-dealkylation sites (N-methyl/N-ethyl adjacent to an activating group) is 7. The molecule has 0 aromatic heterocycles. The van der Waals surface area contributed by atoms with Crippen molar-refractivity contribution in [3.63, 3.8) is 0 Å².